The maximum atomic E-state index is 11.2. The van der Waals surface area contributed by atoms with Crippen LogP contribution in [0.2, 0.25) is 0 Å². The fourth-order valence-corrected chi connectivity index (χ4v) is 3.05. The van der Waals surface area contributed by atoms with E-state index in [1.54, 1.807) is 6.07 Å². The van der Waals surface area contributed by atoms with Crippen molar-refractivity contribution >= 4 is 31.6 Å². The molecule has 0 saturated carbocycles. The van der Waals surface area contributed by atoms with Crippen molar-refractivity contribution < 1.29 is 8.42 Å². The third-order valence-corrected chi connectivity index (χ3v) is 4.40. The molecule has 0 aliphatic rings. The molecule has 0 aliphatic carbocycles. The van der Waals surface area contributed by atoms with Gasteiger partial charge in [-0.2, -0.15) is 0 Å². The van der Waals surface area contributed by atoms with Crippen molar-refractivity contribution in [2.45, 2.75) is 18.4 Å². The van der Waals surface area contributed by atoms with Gasteiger partial charge in [-0.05, 0) is 46.6 Å². The highest BCUT2D eigenvalue weighted by atomic mass is 79.9. The van der Waals surface area contributed by atoms with Crippen LogP contribution in [0.4, 0.5) is 5.69 Å². The second-order valence-electron chi connectivity index (χ2n) is 4.53. The molecule has 106 valence electrons. The Hall–Kier alpha value is -1.37. The number of aryl methyl sites for hydroxylation is 1. The fourth-order valence-electron chi connectivity index (χ4n) is 1.84. The van der Waals surface area contributed by atoms with E-state index >= 15 is 0 Å². The van der Waals surface area contributed by atoms with Gasteiger partial charge in [0.1, 0.15) is 0 Å². The van der Waals surface area contributed by atoms with Gasteiger partial charge >= 0.3 is 0 Å². The summed E-state index contributed by atoms with van der Waals surface area (Å²) in [6.45, 7) is 2.70. The molecule has 0 spiro atoms. The molecule has 4 nitrogen and oxygen atoms in total. The first kappa shape index (κ1) is 15.0. The molecule has 2 aromatic carbocycles. The van der Waals surface area contributed by atoms with E-state index in [-0.39, 0.29) is 4.90 Å². The second kappa shape index (κ2) is 5.95. The maximum Gasteiger partial charge on any atom is 0.238 e. The molecule has 6 heteroatoms. The Balaban J connectivity index is 2.15. The summed E-state index contributed by atoms with van der Waals surface area (Å²) in [5, 5.41) is 8.34. The fraction of sp³-hybridized carbons (Fsp3) is 0.143. The van der Waals surface area contributed by atoms with Gasteiger partial charge < -0.3 is 5.32 Å². The Labute approximate surface area is 127 Å². The lowest BCUT2D eigenvalue weighted by Crippen LogP contribution is -2.12. The second-order valence-corrected chi connectivity index (χ2v) is 6.95. The number of hydrogen-bond acceptors (Lipinski definition) is 3. The topological polar surface area (TPSA) is 72.2 Å². The van der Waals surface area contributed by atoms with E-state index in [0.29, 0.717) is 11.0 Å². The zero-order chi connectivity index (χ0) is 14.8. The van der Waals surface area contributed by atoms with Crippen molar-refractivity contribution in [3.63, 3.8) is 0 Å². The number of nitrogens with one attached hydrogen (secondary N) is 1. The summed E-state index contributed by atoms with van der Waals surface area (Å²) in [6, 6.07) is 12.9. The maximum absolute atomic E-state index is 11.2. The molecule has 20 heavy (non-hydrogen) atoms. The zero-order valence-electron chi connectivity index (χ0n) is 10.9. The monoisotopic (exact) mass is 354 g/mol. The van der Waals surface area contributed by atoms with E-state index in [2.05, 4.69) is 27.3 Å². The molecule has 0 aliphatic heterocycles. The molecule has 0 amide bonds. The van der Waals surface area contributed by atoms with Crippen LogP contribution in [-0.2, 0) is 16.6 Å². The minimum absolute atomic E-state index is 0.0884. The highest BCUT2D eigenvalue weighted by Crippen LogP contribution is 2.25. The number of sulfonamides is 1. The summed E-state index contributed by atoms with van der Waals surface area (Å²) in [6.07, 6.45) is 0. The standard InChI is InChI=1S/C14H15BrN2O2S/c1-10-3-2-4-11(7-10)9-17-14-6-5-12(8-13(14)15)20(16,18)19/h2-8,17H,9H2,1H3,(H2,16,18,19). The normalized spacial score (nSPS) is 11.3. The quantitative estimate of drug-likeness (QED) is 0.886. The van der Waals surface area contributed by atoms with Crippen LogP contribution in [0.25, 0.3) is 0 Å². The minimum Gasteiger partial charge on any atom is -0.380 e. The summed E-state index contributed by atoms with van der Waals surface area (Å²) in [4.78, 5) is 0.0884. The van der Waals surface area contributed by atoms with Crippen molar-refractivity contribution in [1.82, 2.24) is 0 Å². The third-order valence-electron chi connectivity index (χ3n) is 2.83. The van der Waals surface area contributed by atoms with Gasteiger partial charge in [-0.25, -0.2) is 13.6 Å². The Bertz CT molecular complexity index is 730. The Morgan fingerprint density at radius 1 is 1.20 bits per heavy atom. The third kappa shape index (κ3) is 3.82. The smallest absolute Gasteiger partial charge is 0.238 e. The van der Waals surface area contributed by atoms with Gasteiger partial charge in [-0.3, -0.25) is 0 Å². The SMILES string of the molecule is Cc1cccc(CNc2ccc(S(N)(=O)=O)cc2Br)c1. The van der Waals surface area contributed by atoms with Crippen LogP contribution in [0.3, 0.4) is 0 Å². The van der Waals surface area contributed by atoms with Crippen LogP contribution in [0.15, 0.2) is 51.8 Å². The van der Waals surface area contributed by atoms with Crippen LogP contribution in [0.5, 0.6) is 0 Å². The van der Waals surface area contributed by atoms with Gasteiger partial charge in [0.05, 0.1) is 4.90 Å². The predicted molar refractivity (Wildman–Crippen MR) is 84.0 cm³/mol. The number of rotatable bonds is 4. The van der Waals surface area contributed by atoms with Crippen molar-refractivity contribution in [3.8, 4) is 0 Å². The summed E-state index contributed by atoms with van der Waals surface area (Å²) in [5.41, 5.74) is 3.18. The minimum atomic E-state index is -3.67. The predicted octanol–water partition coefficient (Wildman–Crippen LogP) is 3.02. The lowest BCUT2D eigenvalue weighted by atomic mass is 10.1. The van der Waals surface area contributed by atoms with Crippen molar-refractivity contribution in [2.75, 3.05) is 5.32 Å². The molecular weight excluding hydrogens is 340 g/mol. The zero-order valence-corrected chi connectivity index (χ0v) is 13.3. The molecule has 2 aromatic rings. The van der Waals surface area contributed by atoms with Gasteiger partial charge in [0.2, 0.25) is 10.0 Å². The summed E-state index contributed by atoms with van der Waals surface area (Å²) in [7, 11) is -3.67. The molecule has 0 bridgehead atoms. The van der Waals surface area contributed by atoms with Crippen molar-refractivity contribution in [2.24, 2.45) is 5.14 Å². The first-order valence-electron chi connectivity index (χ1n) is 5.98. The van der Waals surface area contributed by atoms with E-state index in [4.69, 9.17) is 5.14 Å². The van der Waals surface area contributed by atoms with Crippen LogP contribution in [0, 0.1) is 6.92 Å². The van der Waals surface area contributed by atoms with Crippen molar-refractivity contribution in [3.05, 3.63) is 58.1 Å². The van der Waals surface area contributed by atoms with Crippen molar-refractivity contribution in [1.29, 1.82) is 0 Å². The van der Waals surface area contributed by atoms with Gasteiger partial charge in [0.15, 0.2) is 0 Å². The first-order chi connectivity index (χ1) is 9.36. The number of halogens is 1. The molecular formula is C14H15BrN2O2S. The van der Waals surface area contributed by atoms with Crippen LogP contribution < -0.4 is 10.5 Å². The Kier molecular flexibility index (Phi) is 4.47. The number of hydrogen-bond donors (Lipinski definition) is 2. The number of benzene rings is 2. The van der Waals surface area contributed by atoms with Gasteiger partial charge in [0, 0.05) is 16.7 Å². The molecule has 0 heterocycles. The van der Waals surface area contributed by atoms with E-state index in [1.807, 2.05) is 25.1 Å². The molecule has 0 atom stereocenters. The van der Waals surface area contributed by atoms with Crippen LogP contribution in [0.1, 0.15) is 11.1 Å². The van der Waals surface area contributed by atoms with Crippen LogP contribution >= 0.6 is 15.9 Å². The molecule has 3 N–H and O–H groups in total. The summed E-state index contributed by atoms with van der Waals surface area (Å²) in [5.74, 6) is 0. The Morgan fingerprint density at radius 3 is 2.55 bits per heavy atom. The first-order valence-corrected chi connectivity index (χ1v) is 8.32. The van der Waals surface area contributed by atoms with Crippen LogP contribution in [-0.4, -0.2) is 8.42 Å². The lowest BCUT2D eigenvalue weighted by molar-refractivity contribution is 0.598. The molecule has 2 rings (SSSR count). The summed E-state index contributed by atoms with van der Waals surface area (Å²) < 4.78 is 23.2. The lowest BCUT2D eigenvalue weighted by Gasteiger charge is -2.10. The highest BCUT2D eigenvalue weighted by Gasteiger charge is 2.10. The average Bonchev–Trinajstić information content (AvgIpc) is 2.36. The highest BCUT2D eigenvalue weighted by molar-refractivity contribution is 9.10. The number of nitrogens with two attached hydrogens (primary N) is 1. The molecule has 0 radical (unpaired) electrons. The van der Waals surface area contributed by atoms with Gasteiger partial charge in [-0.1, -0.05) is 29.8 Å². The number of primary sulfonamides is 1. The van der Waals surface area contributed by atoms with Gasteiger partial charge in [-0.15, -0.1) is 0 Å². The van der Waals surface area contributed by atoms with E-state index in [0.717, 1.165) is 11.3 Å². The molecule has 0 fully saturated rings. The molecule has 0 unspecified atom stereocenters. The average molecular weight is 355 g/mol. The molecule has 0 aromatic heterocycles. The Morgan fingerprint density at radius 2 is 1.95 bits per heavy atom. The summed E-state index contributed by atoms with van der Waals surface area (Å²) >= 11 is 3.35. The molecule has 0 saturated heterocycles. The van der Waals surface area contributed by atoms with E-state index < -0.39 is 10.0 Å². The van der Waals surface area contributed by atoms with E-state index in [9.17, 15) is 8.42 Å². The largest absolute Gasteiger partial charge is 0.380 e. The number of anilines is 1. The van der Waals surface area contributed by atoms with Gasteiger partial charge in [0.25, 0.3) is 0 Å². The van der Waals surface area contributed by atoms with E-state index in [1.165, 1.54) is 17.7 Å².